The van der Waals surface area contributed by atoms with Gasteiger partial charge in [0.15, 0.2) is 0 Å². The molecule has 0 fully saturated rings. The van der Waals surface area contributed by atoms with Crippen LogP contribution in [-0.2, 0) is 14.4 Å². The van der Waals surface area contributed by atoms with E-state index in [2.05, 4.69) is 4.84 Å². The van der Waals surface area contributed by atoms with Crippen molar-refractivity contribution in [2.75, 3.05) is 6.26 Å². The van der Waals surface area contributed by atoms with Gasteiger partial charge in [-0.25, -0.2) is 4.79 Å². The van der Waals surface area contributed by atoms with Gasteiger partial charge < -0.3 is 4.84 Å². The highest BCUT2D eigenvalue weighted by Crippen LogP contribution is 2.08. The number of carbonyl (C=O) groups is 3. The smallest absolute Gasteiger partial charge is 0.319 e. The Bertz CT molecular complexity index is 255. The van der Waals surface area contributed by atoms with E-state index in [9.17, 15) is 14.4 Å². The number of rotatable bonds is 1. The summed E-state index contributed by atoms with van der Waals surface area (Å²) in [5.74, 6) is -1.27. The number of hydrogen-bond donors (Lipinski definition) is 0. The Morgan fingerprint density at radius 1 is 1.42 bits per heavy atom. The highest BCUT2D eigenvalue weighted by atomic mass is 32.2. The van der Waals surface area contributed by atoms with E-state index in [-0.39, 0.29) is 0 Å². The molecule has 0 N–H and O–H groups in total. The third kappa shape index (κ3) is 1.65. The highest BCUT2D eigenvalue weighted by Gasteiger charge is 2.27. The molecular formula is C6H5NO4S. The Labute approximate surface area is 72.3 Å². The fourth-order valence-electron chi connectivity index (χ4n) is 0.588. The maximum absolute atomic E-state index is 10.8. The van der Waals surface area contributed by atoms with Gasteiger partial charge in [0, 0.05) is 12.2 Å². The summed E-state index contributed by atoms with van der Waals surface area (Å²) in [4.78, 5) is 36.5. The molecule has 6 heteroatoms. The zero-order chi connectivity index (χ0) is 9.14. The summed E-state index contributed by atoms with van der Waals surface area (Å²) >= 11 is 0.781. The van der Waals surface area contributed by atoms with Gasteiger partial charge in [-0.1, -0.05) is 5.06 Å². The molecule has 0 aromatic rings. The van der Waals surface area contributed by atoms with Crippen LogP contribution in [0.1, 0.15) is 0 Å². The molecule has 0 saturated carbocycles. The van der Waals surface area contributed by atoms with Crippen LogP contribution in [0.5, 0.6) is 0 Å². The first-order valence-corrected chi connectivity index (χ1v) is 4.19. The summed E-state index contributed by atoms with van der Waals surface area (Å²) in [5.41, 5.74) is 0. The Morgan fingerprint density at radius 3 is 2.33 bits per heavy atom. The van der Waals surface area contributed by atoms with E-state index in [1.807, 2.05) is 0 Å². The molecule has 0 spiro atoms. The van der Waals surface area contributed by atoms with E-state index in [1.54, 1.807) is 0 Å². The minimum atomic E-state index is -0.694. The monoisotopic (exact) mass is 187 g/mol. The van der Waals surface area contributed by atoms with Crippen molar-refractivity contribution in [3.05, 3.63) is 12.2 Å². The van der Waals surface area contributed by atoms with Gasteiger partial charge in [0.05, 0.1) is 0 Å². The number of hydrogen-bond acceptors (Lipinski definition) is 5. The van der Waals surface area contributed by atoms with Crippen LogP contribution in [0.4, 0.5) is 4.79 Å². The SMILES string of the molecule is CSC(=O)ON1C(=O)C=CC1=O. The predicted molar refractivity (Wildman–Crippen MR) is 41.0 cm³/mol. The number of hydroxylamine groups is 2. The van der Waals surface area contributed by atoms with Crippen LogP contribution in [0.25, 0.3) is 0 Å². The molecule has 5 nitrogen and oxygen atoms in total. The lowest BCUT2D eigenvalue weighted by molar-refractivity contribution is -0.167. The number of thioether (sulfide) groups is 1. The molecule has 0 bridgehead atoms. The second-order valence-electron chi connectivity index (χ2n) is 1.85. The van der Waals surface area contributed by atoms with Crippen LogP contribution in [0, 0.1) is 0 Å². The van der Waals surface area contributed by atoms with Crippen LogP contribution < -0.4 is 0 Å². The molecule has 1 heterocycles. The summed E-state index contributed by atoms with van der Waals surface area (Å²) in [7, 11) is 0. The molecule has 0 atom stereocenters. The van der Waals surface area contributed by atoms with Gasteiger partial charge in [-0.15, -0.1) is 0 Å². The molecular weight excluding hydrogens is 182 g/mol. The minimum Gasteiger partial charge on any atom is -0.319 e. The van der Waals surface area contributed by atoms with Crippen molar-refractivity contribution < 1.29 is 19.2 Å². The van der Waals surface area contributed by atoms with Crippen molar-refractivity contribution in [1.82, 2.24) is 5.06 Å². The quantitative estimate of drug-likeness (QED) is 0.553. The van der Waals surface area contributed by atoms with Crippen molar-refractivity contribution >= 4 is 28.9 Å². The molecule has 0 saturated heterocycles. The summed E-state index contributed by atoms with van der Waals surface area (Å²) in [6.45, 7) is 0. The van der Waals surface area contributed by atoms with E-state index in [0.29, 0.717) is 5.06 Å². The largest absolute Gasteiger partial charge is 0.391 e. The van der Waals surface area contributed by atoms with Crippen molar-refractivity contribution in [3.63, 3.8) is 0 Å². The topological polar surface area (TPSA) is 63.7 Å². The zero-order valence-corrected chi connectivity index (χ0v) is 6.96. The van der Waals surface area contributed by atoms with Gasteiger partial charge in [-0.05, 0) is 18.0 Å². The van der Waals surface area contributed by atoms with Crippen molar-refractivity contribution in [2.24, 2.45) is 0 Å². The van der Waals surface area contributed by atoms with Gasteiger partial charge >= 0.3 is 5.30 Å². The third-order valence-corrected chi connectivity index (χ3v) is 1.51. The lowest BCUT2D eigenvalue weighted by Gasteiger charge is -2.10. The van der Waals surface area contributed by atoms with Crippen molar-refractivity contribution in [3.8, 4) is 0 Å². The molecule has 1 rings (SSSR count). The molecule has 64 valence electrons. The first kappa shape index (κ1) is 8.79. The Morgan fingerprint density at radius 2 is 1.92 bits per heavy atom. The molecule has 0 aromatic heterocycles. The Balaban J connectivity index is 2.59. The summed E-state index contributed by atoms with van der Waals surface area (Å²) in [6.07, 6.45) is 3.56. The first-order valence-electron chi connectivity index (χ1n) is 2.97. The highest BCUT2D eigenvalue weighted by molar-refractivity contribution is 8.12. The first-order chi connectivity index (χ1) is 5.65. The lowest BCUT2D eigenvalue weighted by Crippen LogP contribution is -2.31. The van der Waals surface area contributed by atoms with Crippen molar-refractivity contribution in [1.29, 1.82) is 0 Å². The molecule has 0 aromatic carbocycles. The van der Waals surface area contributed by atoms with Crippen LogP contribution in [0.15, 0.2) is 12.2 Å². The predicted octanol–water partition coefficient (Wildman–Crippen LogP) is 0.326. The number of nitrogens with zero attached hydrogens (tertiary/aromatic N) is 1. The van der Waals surface area contributed by atoms with Crippen LogP contribution >= 0.6 is 11.8 Å². The summed E-state index contributed by atoms with van der Waals surface area (Å²) < 4.78 is 0. The zero-order valence-electron chi connectivity index (χ0n) is 6.14. The van der Waals surface area contributed by atoms with Crippen LogP contribution in [0.2, 0.25) is 0 Å². The summed E-state index contributed by atoms with van der Waals surface area (Å²) in [5, 5.41) is -0.279. The number of amides is 2. The van der Waals surface area contributed by atoms with Gasteiger partial charge in [-0.2, -0.15) is 0 Å². The molecule has 1 aliphatic heterocycles. The van der Waals surface area contributed by atoms with E-state index in [1.165, 1.54) is 6.26 Å². The summed E-state index contributed by atoms with van der Waals surface area (Å²) in [6, 6.07) is 0. The molecule has 0 unspecified atom stereocenters. The molecule has 0 radical (unpaired) electrons. The molecule has 2 amide bonds. The maximum Gasteiger partial charge on any atom is 0.391 e. The molecule has 12 heavy (non-hydrogen) atoms. The molecule has 0 aliphatic carbocycles. The standard InChI is InChI=1S/C6H5NO4S/c1-12-6(10)11-7-4(8)2-3-5(7)9/h2-3H,1H3. The van der Waals surface area contributed by atoms with Gasteiger partial charge in [-0.3, -0.25) is 9.59 Å². The van der Waals surface area contributed by atoms with Crippen molar-refractivity contribution in [2.45, 2.75) is 0 Å². The fraction of sp³-hybridized carbons (Fsp3) is 0.167. The normalized spacial score (nSPS) is 15.6. The van der Waals surface area contributed by atoms with Crippen LogP contribution in [0.3, 0.4) is 0 Å². The lowest BCUT2D eigenvalue weighted by atomic mass is 10.6. The second-order valence-corrected chi connectivity index (χ2v) is 2.59. The average Bonchev–Trinajstić information content (AvgIpc) is 2.35. The fourth-order valence-corrected chi connectivity index (χ4v) is 0.737. The number of imide groups is 1. The molecule has 1 aliphatic rings. The van der Waals surface area contributed by atoms with Gasteiger partial charge in [0.2, 0.25) is 0 Å². The van der Waals surface area contributed by atoms with Gasteiger partial charge in [0.1, 0.15) is 0 Å². The van der Waals surface area contributed by atoms with E-state index in [0.717, 1.165) is 23.9 Å². The second kappa shape index (κ2) is 3.40. The number of carbonyl (C=O) groups excluding carboxylic acids is 3. The van der Waals surface area contributed by atoms with E-state index >= 15 is 0 Å². The average molecular weight is 187 g/mol. The Kier molecular flexibility index (Phi) is 2.49. The maximum atomic E-state index is 10.8. The van der Waals surface area contributed by atoms with E-state index in [4.69, 9.17) is 0 Å². The van der Waals surface area contributed by atoms with Gasteiger partial charge in [0.25, 0.3) is 11.8 Å². The Hall–Kier alpha value is -1.30. The third-order valence-electron chi connectivity index (χ3n) is 1.10. The van der Waals surface area contributed by atoms with E-state index < -0.39 is 17.1 Å². The van der Waals surface area contributed by atoms with Crippen LogP contribution in [-0.4, -0.2) is 28.4 Å². The minimum absolute atomic E-state index is 0.416.